The summed E-state index contributed by atoms with van der Waals surface area (Å²) in [4.78, 5) is 0.404. The van der Waals surface area contributed by atoms with Gasteiger partial charge >= 0.3 is 0 Å². The molecule has 1 aromatic rings. The zero-order valence-corrected chi connectivity index (χ0v) is 10.7. The molecule has 3 nitrogen and oxygen atoms in total. The minimum Gasteiger partial charge on any atom is -0.207 e. The van der Waals surface area contributed by atoms with Crippen molar-refractivity contribution < 1.29 is 8.42 Å². The Morgan fingerprint density at radius 3 is 2.25 bits per heavy atom. The van der Waals surface area contributed by atoms with E-state index in [-0.39, 0.29) is 12.1 Å². The zero-order chi connectivity index (χ0) is 11.9. The van der Waals surface area contributed by atoms with E-state index < -0.39 is 10.0 Å². The van der Waals surface area contributed by atoms with Gasteiger partial charge in [-0.3, -0.25) is 0 Å². The molecule has 1 heterocycles. The SMILES string of the molecule is CC[C@@H]1[C@@H](C)N1S(=O)(=O)c1ccc(C)cc1. The molecule has 0 aromatic heterocycles. The van der Waals surface area contributed by atoms with Gasteiger partial charge in [-0.15, -0.1) is 0 Å². The van der Waals surface area contributed by atoms with Gasteiger partial charge in [0.1, 0.15) is 0 Å². The quantitative estimate of drug-likeness (QED) is 0.758. The topological polar surface area (TPSA) is 37.1 Å². The van der Waals surface area contributed by atoms with Gasteiger partial charge in [-0.25, -0.2) is 8.42 Å². The van der Waals surface area contributed by atoms with Crippen LogP contribution in [0, 0.1) is 6.92 Å². The molecular weight excluding hydrogens is 222 g/mol. The van der Waals surface area contributed by atoms with Crippen LogP contribution in [-0.4, -0.2) is 24.8 Å². The lowest BCUT2D eigenvalue weighted by molar-refractivity contribution is 0.545. The van der Waals surface area contributed by atoms with Gasteiger partial charge < -0.3 is 0 Å². The van der Waals surface area contributed by atoms with Gasteiger partial charge in [0.15, 0.2) is 0 Å². The molecule has 4 heteroatoms. The van der Waals surface area contributed by atoms with Crippen molar-refractivity contribution in [3.63, 3.8) is 0 Å². The molecule has 0 aliphatic carbocycles. The Kier molecular flexibility index (Phi) is 2.80. The second-order valence-corrected chi connectivity index (χ2v) is 6.21. The van der Waals surface area contributed by atoms with Crippen LogP contribution in [0.4, 0.5) is 0 Å². The lowest BCUT2D eigenvalue weighted by Crippen LogP contribution is -2.15. The van der Waals surface area contributed by atoms with E-state index >= 15 is 0 Å². The third-order valence-electron chi connectivity index (χ3n) is 3.21. The maximum Gasteiger partial charge on any atom is 0.243 e. The first-order chi connectivity index (χ1) is 7.48. The van der Waals surface area contributed by atoms with Crippen LogP contribution in [0.5, 0.6) is 0 Å². The molecular formula is C12H17NO2S. The van der Waals surface area contributed by atoms with Crippen LogP contribution >= 0.6 is 0 Å². The minimum absolute atomic E-state index is 0.149. The molecule has 88 valence electrons. The third kappa shape index (κ3) is 1.76. The zero-order valence-electron chi connectivity index (χ0n) is 9.84. The van der Waals surface area contributed by atoms with Gasteiger partial charge in [-0.1, -0.05) is 24.6 Å². The molecule has 1 unspecified atom stereocenters. The highest BCUT2D eigenvalue weighted by Gasteiger charge is 2.51. The predicted molar refractivity (Wildman–Crippen MR) is 63.7 cm³/mol. The van der Waals surface area contributed by atoms with Crippen molar-refractivity contribution in [1.29, 1.82) is 0 Å². The highest BCUT2D eigenvalue weighted by Crippen LogP contribution is 2.37. The van der Waals surface area contributed by atoms with E-state index in [1.165, 1.54) is 0 Å². The van der Waals surface area contributed by atoms with Crippen molar-refractivity contribution in [2.75, 3.05) is 0 Å². The minimum atomic E-state index is -3.26. The Bertz CT molecular complexity index is 478. The number of nitrogens with zero attached hydrogens (tertiary/aromatic N) is 1. The van der Waals surface area contributed by atoms with Gasteiger partial charge in [0, 0.05) is 12.1 Å². The van der Waals surface area contributed by atoms with E-state index in [9.17, 15) is 8.42 Å². The molecule has 0 bridgehead atoms. The largest absolute Gasteiger partial charge is 0.243 e. The molecule has 0 spiro atoms. The summed E-state index contributed by atoms with van der Waals surface area (Å²) in [5.41, 5.74) is 1.07. The van der Waals surface area contributed by atoms with Crippen molar-refractivity contribution in [2.45, 2.75) is 44.2 Å². The van der Waals surface area contributed by atoms with E-state index in [0.717, 1.165) is 12.0 Å². The number of hydrogen-bond acceptors (Lipinski definition) is 2. The fourth-order valence-corrected chi connectivity index (χ4v) is 4.06. The Hall–Kier alpha value is -0.870. The van der Waals surface area contributed by atoms with Crippen LogP contribution in [0.2, 0.25) is 0 Å². The van der Waals surface area contributed by atoms with Crippen molar-refractivity contribution in [3.8, 4) is 0 Å². The van der Waals surface area contributed by atoms with Crippen LogP contribution in [0.3, 0.4) is 0 Å². The summed E-state index contributed by atoms with van der Waals surface area (Å²) in [6.07, 6.45) is 0.881. The molecule has 16 heavy (non-hydrogen) atoms. The van der Waals surface area contributed by atoms with Crippen LogP contribution in [0.25, 0.3) is 0 Å². The summed E-state index contributed by atoms with van der Waals surface area (Å²) in [5, 5.41) is 0. The fraction of sp³-hybridized carbons (Fsp3) is 0.500. The molecule has 0 radical (unpaired) electrons. The molecule has 1 aliphatic heterocycles. The van der Waals surface area contributed by atoms with Crippen LogP contribution in [-0.2, 0) is 10.0 Å². The highest BCUT2D eigenvalue weighted by atomic mass is 32.2. The third-order valence-corrected chi connectivity index (χ3v) is 5.24. The standard InChI is InChI=1S/C12H17NO2S/c1-4-12-10(3)13(12)16(14,15)11-7-5-9(2)6-8-11/h5-8,10,12H,4H2,1-3H3/t10-,12-,13?/m1/s1. The van der Waals surface area contributed by atoms with E-state index in [4.69, 9.17) is 0 Å². The molecule has 0 amide bonds. The maximum atomic E-state index is 12.2. The van der Waals surface area contributed by atoms with E-state index in [1.807, 2.05) is 32.9 Å². The monoisotopic (exact) mass is 239 g/mol. The summed E-state index contributed by atoms with van der Waals surface area (Å²) < 4.78 is 26.0. The Morgan fingerprint density at radius 2 is 1.81 bits per heavy atom. The van der Waals surface area contributed by atoms with Crippen molar-refractivity contribution >= 4 is 10.0 Å². The van der Waals surface area contributed by atoms with E-state index in [0.29, 0.717) is 4.90 Å². The lowest BCUT2D eigenvalue weighted by Gasteiger charge is -2.06. The van der Waals surface area contributed by atoms with E-state index in [2.05, 4.69) is 0 Å². The van der Waals surface area contributed by atoms with Crippen molar-refractivity contribution in [1.82, 2.24) is 4.31 Å². The van der Waals surface area contributed by atoms with Gasteiger partial charge in [-0.2, -0.15) is 4.31 Å². The molecule has 1 saturated heterocycles. The molecule has 1 aliphatic rings. The van der Waals surface area contributed by atoms with Crippen LogP contribution < -0.4 is 0 Å². The first kappa shape index (κ1) is 11.6. The number of hydrogen-bond donors (Lipinski definition) is 0. The summed E-state index contributed by atoms with van der Waals surface area (Å²) in [7, 11) is -3.26. The molecule has 3 atom stereocenters. The van der Waals surface area contributed by atoms with E-state index in [1.54, 1.807) is 16.4 Å². The summed E-state index contributed by atoms with van der Waals surface area (Å²) in [5.74, 6) is 0. The average molecular weight is 239 g/mol. The van der Waals surface area contributed by atoms with Crippen molar-refractivity contribution in [3.05, 3.63) is 29.8 Å². The number of aryl methyl sites for hydroxylation is 1. The fourth-order valence-electron chi connectivity index (χ4n) is 2.13. The molecule has 1 aromatic carbocycles. The molecule has 2 rings (SSSR count). The second kappa shape index (κ2) is 3.86. The van der Waals surface area contributed by atoms with Crippen molar-refractivity contribution in [2.24, 2.45) is 0 Å². The molecule has 0 saturated carbocycles. The normalized spacial score (nSPS) is 29.1. The number of rotatable bonds is 3. The summed E-state index contributed by atoms with van der Waals surface area (Å²) in [6.45, 7) is 5.93. The molecule has 0 N–H and O–H groups in total. The Labute approximate surface area is 97.1 Å². The second-order valence-electron chi connectivity index (χ2n) is 4.36. The van der Waals surface area contributed by atoms with Crippen LogP contribution in [0.15, 0.2) is 29.2 Å². The summed E-state index contributed by atoms with van der Waals surface area (Å²) >= 11 is 0. The smallest absolute Gasteiger partial charge is 0.207 e. The number of benzene rings is 1. The predicted octanol–water partition coefficient (Wildman–Crippen LogP) is 2.17. The van der Waals surface area contributed by atoms with Gasteiger partial charge in [0.2, 0.25) is 10.0 Å². The average Bonchev–Trinajstić information content (AvgIpc) is 2.90. The molecule has 1 fully saturated rings. The van der Waals surface area contributed by atoms with Gasteiger partial charge in [-0.05, 0) is 32.4 Å². The highest BCUT2D eigenvalue weighted by molar-refractivity contribution is 7.89. The maximum absolute atomic E-state index is 12.2. The van der Waals surface area contributed by atoms with Gasteiger partial charge in [0.05, 0.1) is 4.90 Å². The summed E-state index contributed by atoms with van der Waals surface area (Å²) in [6, 6.07) is 7.37. The Morgan fingerprint density at radius 1 is 1.25 bits per heavy atom. The Balaban J connectivity index is 2.31. The first-order valence-corrected chi connectivity index (χ1v) is 7.02. The number of sulfonamides is 1. The van der Waals surface area contributed by atoms with Crippen LogP contribution in [0.1, 0.15) is 25.8 Å². The first-order valence-electron chi connectivity index (χ1n) is 5.58. The lowest BCUT2D eigenvalue weighted by atomic mass is 10.2. The van der Waals surface area contributed by atoms with Gasteiger partial charge in [0.25, 0.3) is 0 Å².